The van der Waals surface area contributed by atoms with Gasteiger partial charge >= 0.3 is 5.97 Å². The van der Waals surface area contributed by atoms with Gasteiger partial charge in [0, 0.05) is 44.0 Å². The molecule has 432 valence electrons. The number of carbonyl (C=O) groups is 9. The van der Waals surface area contributed by atoms with Crippen LogP contribution in [-0.2, 0) is 68.8 Å². The van der Waals surface area contributed by atoms with Gasteiger partial charge < -0.3 is 64.6 Å². The maximum absolute atomic E-state index is 14.9. The van der Waals surface area contributed by atoms with Crippen molar-refractivity contribution in [2.45, 2.75) is 120 Å². The van der Waals surface area contributed by atoms with Crippen LogP contribution in [0.5, 0.6) is 0 Å². The molecule has 0 aliphatic rings. The topological polar surface area (TPSA) is 404 Å². The Morgan fingerprint density at radius 1 is 0.580 bits per heavy atom. The molecule has 0 saturated heterocycles. The van der Waals surface area contributed by atoms with E-state index in [1.54, 1.807) is 109 Å². The van der Waals surface area contributed by atoms with Crippen molar-refractivity contribution in [2.24, 2.45) is 17.2 Å². The van der Waals surface area contributed by atoms with Crippen molar-refractivity contribution in [2.75, 3.05) is 13.1 Å². The number of para-hydroxylation sites is 1. The molecule has 0 saturated carbocycles. The highest BCUT2D eigenvalue weighted by atomic mass is 16.7. The molecule has 0 aliphatic heterocycles. The summed E-state index contributed by atoms with van der Waals surface area (Å²) in [5.74, 6) is -8.22. The normalized spacial score (nSPS) is 14.0. The van der Waals surface area contributed by atoms with E-state index < -0.39 is 119 Å². The molecule has 8 amide bonds. The molecule has 4 aromatic carbocycles. The number of fused-ring (bicyclic) bond motifs is 1. The second kappa shape index (κ2) is 31.5. The molecule has 0 radical (unpaired) electrons. The number of aliphatic hydroxyl groups is 1. The van der Waals surface area contributed by atoms with Gasteiger partial charge in [-0.15, -0.1) is 0 Å². The fourth-order valence-electron chi connectivity index (χ4n) is 8.80. The van der Waals surface area contributed by atoms with Crippen molar-refractivity contribution in [3.8, 4) is 0 Å². The SMILES string of the molecule is C[C@@H](O)[C@H](NC(=O)[C@H](CCCCN)NC(=O)[C@@H](Cc1cn([N+](=O)[O-])c2ccccc12)NC(=O)[C@H](Cc1ccccc1)NC(=O)[C@H](Cc1ccccc1)NC(=O)[C@@H](N)CC(N)=O)C(=O)N[C@@H](Cc1ccccc1)C(=O)NCCCC(=O)O. The molecular weight excluding hydrogens is 1050 g/mol. The van der Waals surface area contributed by atoms with Crippen LogP contribution < -0.4 is 54.4 Å². The number of unbranched alkanes of at least 4 members (excludes halogenated alkanes) is 1. The maximum Gasteiger partial charge on any atom is 0.303 e. The number of nitrogens with zero attached hydrogens (tertiary/aromatic N) is 2. The number of aromatic nitrogens is 1. The fraction of sp³-hybridized carbons (Fsp3) is 0.375. The molecular formula is C56H70N12O13. The predicted octanol–water partition coefficient (Wildman–Crippen LogP) is -0.446. The van der Waals surface area contributed by atoms with E-state index in [0.29, 0.717) is 28.5 Å². The number of carbonyl (C=O) groups excluding carboxylic acids is 8. The first-order valence-electron chi connectivity index (χ1n) is 26.3. The zero-order valence-corrected chi connectivity index (χ0v) is 44.7. The van der Waals surface area contributed by atoms with E-state index in [-0.39, 0.29) is 69.1 Å². The number of aliphatic carboxylic acids is 1. The van der Waals surface area contributed by atoms with Gasteiger partial charge in [0.15, 0.2) is 5.03 Å². The molecule has 25 heteroatoms. The quantitative estimate of drug-likeness (QED) is 0.0144. The van der Waals surface area contributed by atoms with Crippen molar-refractivity contribution in [3.05, 3.63) is 154 Å². The number of benzene rings is 4. The van der Waals surface area contributed by atoms with Crippen LogP contribution >= 0.6 is 0 Å². The summed E-state index contributed by atoms with van der Waals surface area (Å²) in [6.07, 6.45) is -1.27. The molecule has 0 aliphatic carbocycles. The molecule has 15 N–H and O–H groups in total. The summed E-state index contributed by atoms with van der Waals surface area (Å²) >= 11 is 0. The highest BCUT2D eigenvalue weighted by Crippen LogP contribution is 2.23. The zero-order chi connectivity index (χ0) is 59.0. The highest BCUT2D eigenvalue weighted by Gasteiger charge is 2.36. The van der Waals surface area contributed by atoms with Crippen molar-refractivity contribution < 1.29 is 58.4 Å². The van der Waals surface area contributed by atoms with Crippen molar-refractivity contribution in [1.82, 2.24) is 41.9 Å². The summed E-state index contributed by atoms with van der Waals surface area (Å²) in [6.45, 7) is 1.38. The molecule has 8 atom stereocenters. The average Bonchev–Trinajstić information content (AvgIpc) is 3.83. The third-order valence-electron chi connectivity index (χ3n) is 13.0. The van der Waals surface area contributed by atoms with Gasteiger partial charge in [0.1, 0.15) is 41.8 Å². The van der Waals surface area contributed by atoms with Crippen LogP contribution in [-0.4, -0.2) is 135 Å². The summed E-state index contributed by atoms with van der Waals surface area (Å²) < 4.78 is 0.744. The van der Waals surface area contributed by atoms with Gasteiger partial charge in [-0.25, -0.2) is 10.1 Å². The minimum atomic E-state index is -1.72. The van der Waals surface area contributed by atoms with Gasteiger partial charge in [-0.3, -0.25) is 43.2 Å². The van der Waals surface area contributed by atoms with Crippen LogP contribution in [0.2, 0.25) is 0 Å². The number of nitrogens with one attached hydrogen (secondary N) is 7. The van der Waals surface area contributed by atoms with E-state index in [4.69, 9.17) is 22.3 Å². The lowest BCUT2D eigenvalue weighted by molar-refractivity contribution is -0.537. The molecule has 5 aromatic rings. The zero-order valence-electron chi connectivity index (χ0n) is 44.7. The second-order valence-electron chi connectivity index (χ2n) is 19.4. The van der Waals surface area contributed by atoms with Crippen LogP contribution in [0.1, 0.15) is 67.7 Å². The molecule has 81 heavy (non-hydrogen) atoms. The largest absolute Gasteiger partial charge is 0.481 e. The lowest BCUT2D eigenvalue weighted by Gasteiger charge is -2.28. The van der Waals surface area contributed by atoms with Gasteiger partial charge in [-0.1, -0.05) is 114 Å². The van der Waals surface area contributed by atoms with Crippen LogP contribution in [0.3, 0.4) is 0 Å². The molecule has 1 aromatic heterocycles. The number of aliphatic hydroxyl groups excluding tert-OH is 1. The third-order valence-corrected chi connectivity index (χ3v) is 13.0. The van der Waals surface area contributed by atoms with Gasteiger partial charge in [0.25, 0.3) is 0 Å². The summed E-state index contributed by atoms with van der Waals surface area (Å²) in [5, 5.41) is 50.3. The first-order chi connectivity index (χ1) is 38.7. The van der Waals surface area contributed by atoms with Crippen LogP contribution in [0.25, 0.3) is 10.9 Å². The summed E-state index contributed by atoms with van der Waals surface area (Å²) in [5.41, 5.74) is 19.2. The van der Waals surface area contributed by atoms with Crippen molar-refractivity contribution in [1.29, 1.82) is 0 Å². The first-order valence-corrected chi connectivity index (χ1v) is 26.3. The van der Waals surface area contributed by atoms with E-state index >= 15 is 0 Å². The Labute approximate surface area is 466 Å². The first kappa shape index (κ1) is 62.8. The summed E-state index contributed by atoms with van der Waals surface area (Å²) in [7, 11) is 0. The van der Waals surface area contributed by atoms with Gasteiger partial charge in [-0.05, 0) is 67.5 Å². The van der Waals surface area contributed by atoms with Crippen molar-refractivity contribution >= 4 is 64.1 Å². The Hall–Kier alpha value is -9.07. The number of rotatable bonds is 33. The van der Waals surface area contributed by atoms with Gasteiger partial charge in [0.05, 0.1) is 24.8 Å². The second-order valence-corrected chi connectivity index (χ2v) is 19.4. The molecule has 0 fully saturated rings. The van der Waals surface area contributed by atoms with E-state index in [2.05, 4.69) is 37.2 Å². The lowest BCUT2D eigenvalue weighted by atomic mass is 10.00. The number of nitro groups is 1. The lowest BCUT2D eigenvalue weighted by Crippen LogP contribution is -2.62. The molecule has 0 unspecified atom stereocenters. The number of primary amides is 1. The van der Waals surface area contributed by atoms with Crippen LogP contribution in [0, 0.1) is 10.1 Å². The maximum atomic E-state index is 14.9. The molecule has 25 nitrogen and oxygen atoms in total. The minimum absolute atomic E-state index is 0.0279. The van der Waals surface area contributed by atoms with E-state index in [9.17, 15) is 58.4 Å². The summed E-state index contributed by atoms with van der Waals surface area (Å²) in [4.78, 5) is 134. The minimum Gasteiger partial charge on any atom is -0.481 e. The molecule has 1 heterocycles. The number of hydrogen-bond acceptors (Lipinski definition) is 14. The number of nitrogens with two attached hydrogens (primary N) is 3. The Bertz CT molecular complexity index is 2960. The van der Waals surface area contributed by atoms with E-state index in [1.165, 1.54) is 19.2 Å². The highest BCUT2D eigenvalue weighted by molar-refractivity contribution is 5.98. The Kier molecular flexibility index (Phi) is 24.4. The standard InChI is InChI=1S/C56H70N12O13/c1-34(69)49(56(79)65-42(28-35-16-5-2-6-17-35)51(74)60-27-15-25-48(71)72)66-52(75)41(23-13-14-26-57)61-55(78)45(31-38-33-67(68(80)81)46-24-12-11-22-39(38)46)64-54(77)44(30-37-20-9-4-10-21-37)63-53(76)43(29-36-18-7-3-8-19-36)62-50(73)40(58)32-47(59)70/h2-12,16-22,24,33-34,40-45,49,69H,13-15,23,25-32,57-58H2,1H3,(H2,59,70)(H,60,74)(H,61,78)(H,62,73)(H,63,76)(H,64,77)(H,65,79)(H,66,75)(H,71,72)/t34-,40+,41+,42+,43+,44+,45-,49+/m1/s1. The number of hydrogen-bond donors (Lipinski definition) is 12. The fourth-order valence-corrected chi connectivity index (χ4v) is 8.80. The third kappa shape index (κ3) is 20.0. The molecule has 5 rings (SSSR count). The predicted molar refractivity (Wildman–Crippen MR) is 296 cm³/mol. The van der Waals surface area contributed by atoms with Gasteiger partial charge in [0.2, 0.25) is 47.3 Å². The van der Waals surface area contributed by atoms with Crippen molar-refractivity contribution in [3.63, 3.8) is 0 Å². The monoisotopic (exact) mass is 1120 g/mol. The average molecular weight is 1120 g/mol. The van der Waals surface area contributed by atoms with Gasteiger partial charge in [-0.2, -0.15) is 0 Å². The Morgan fingerprint density at radius 3 is 1.51 bits per heavy atom. The van der Waals surface area contributed by atoms with E-state index in [1.807, 2.05) is 0 Å². The Morgan fingerprint density at radius 2 is 1.02 bits per heavy atom. The Balaban J connectivity index is 1.48. The molecule has 0 bridgehead atoms. The number of carboxylic acid groups (broad SMARTS) is 1. The summed E-state index contributed by atoms with van der Waals surface area (Å²) in [6, 6.07) is 21.5. The van der Waals surface area contributed by atoms with Crippen LogP contribution in [0.4, 0.5) is 0 Å². The van der Waals surface area contributed by atoms with Crippen LogP contribution in [0.15, 0.2) is 121 Å². The smallest absolute Gasteiger partial charge is 0.303 e. The molecule has 0 spiro atoms. The number of carboxylic acids is 1. The number of amides is 8. The van der Waals surface area contributed by atoms with E-state index in [0.717, 1.165) is 4.68 Å².